The van der Waals surface area contributed by atoms with Crippen LogP contribution in [0.25, 0.3) is 0 Å². The van der Waals surface area contributed by atoms with Crippen molar-refractivity contribution in [1.82, 2.24) is 5.32 Å². The van der Waals surface area contributed by atoms with Gasteiger partial charge < -0.3 is 5.32 Å². The smallest absolute Gasteiger partial charge is 0.316 e. The molecule has 0 amide bonds. The van der Waals surface area contributed by atoms with Crippen LogP contribution in [-0.4, -0.2) is 13.1 Å². The summed E-state index contributed by atoms with van der Waals surface area (Å²) < 4.78 is 50.4. The third-order valence-electron chi connectivity index (χ3n) is 2.78. The van der Waals surface area contributed by atoms with Gasteiger partial charge in [-0.15, -0.1) is 0 Å². The van der Waals surface area contributed by atoms with Gasteiger partial charge in [0.2, 0.25) is 0 Å². The topological polar surface area (TPSA) is 12.0 Å². The molecule has 1 heterocycles. The molecule has 1 aliphatic heterocycles. The van der Waals surface area contributed by atoms with Gasteiger partial charge in [0.05, 0.1) is 5.56 Å². The summed E-state index contributed by atoms with van der Waals surface area (Å²) in [5.41, 5.74) is -0.480. The zero-order valence-electron chi connectivity index (χ0n) is 8.44. The van der Waals surface area contributed by atoms with Crippen LogP contribution in [-0.2, 0) is 6.18 Å². The van der Waals surface area contributed by atoms with E-state index in [0.29, 0.717) is 18.2 Å². The van der Waals surface area contributed by atoms with Crippen LogP contribution in [0.4, 0.5) is 17.6 Å². The van der Waals surface area contributed by atoms with E-state index in [1.165, 1.54) is 6.07 Å². The van der Waals surface area contributed by atoms with Crippen molar-refractivity contribution in [2.45, 2.75) is 18.5 Å². The first-order valence-corrected chi connectivity index (χ1v) is 5.05. The molecule has 2 rings (SSSR count). The van der Waals surface area contributed by atoms with Crippen LogP contribution in [0.1, 0.15) is 23.5 Å². The Morgan fingerprint density at radius 3 is 2.50 bits per heavy atom. The first kappa shape index (κ1) is 11.4. The van der Waals surface area contributed by atoms with Crippen LogP contribution >= 0.6 is 0 Å². The van der Waals surface area contributed by atoms with Gasteiger partial charge in [0.25, 0.3) is 0 Å². The predicted molar refractivity (Wildman–Crippen MR) is 51.6 cm³/mol. The number of benzene rings is 1. The third kappa shape index (κ3) is 2.35. The van der Waals surface area contributed by atoms with Crippen molar-refractivity contribution >= 4 is 0 Å². The summed E-state index contributed by atoms with van der Waals surface area (Å²) in [5.74, 6) is -0.839. The zero-order valence-corrected chi connectivity index (χ0v) is 8.44. The molecule has 0 bridgehead atoms. The first-order valence-electron chi connectivity index (χ1n) is 5.05. The van der Waals surface area contributed by atoms with Crippen LogP contribution in [0, 0.1) is 5.82 Å². The molecule has 1 nitrogen and oxygen atoms in total. The molecule has 1 N–H and O–H groups in total. The van der Waals surface area contributed by atoms with E-state index in [-0.39, 0.29) is 5.92 Å². The van der Waals surface area contributed by atoms with E-state index in [1.54, 1.807) is 0 Å². The molecule has 0 aromatic heterocycles. The van der Waals surface area contributed by atoms with Gasteiger partial charge in [-0.1, -0.05) is 0 Å². The highest BCUT2D eigenvalue weighted by Crippen LogP contribution is 2.33. The zero-order chi connectivity index (χ0) is 11.8. The molecule has 1 aromatic carbocycles. The van der Waals surface area contributed by atoms with E-state index < -0.39 is 17.6 Å². The molecular weight excluding hydrogens is 222 g/mol. The van der Waals surface area contributed by atoms with Gasteiger partial charge in [0, 0.05) is 6.54 Å². The minimum absolute atomic E-state index is 0.0169. The van der Waals surface area contributed by atoms with E-state index in [4.69, 9.17) is 0 Å². The third-order valence-corrected chi connectivity index (χ3v) is 2.78. The summed E-state index contributed by atoms with van der Waals surface area (Å²) in [4.78, 5) is 0. The molecule has 88 valence electrons. The molecular formula is C11H11F4N. The lowest BCUT2D eigenvalue weighted by Gasteiger charge is -2.13. The molecule has 0 aliphatic carbocycles. The van der Waals surface area contributed by atoms with Crippen molar-refractivity contribution in [2.24, 2.45) is 0 Å². The summed E-state index contributed by atoms with van der Waals surface area (Å²) in [6.07, 6.45) is -3.73. The Morgan fingerprint density at radius 2 is 1.94 bits per heavy atom. The average molecular weight is 233 g/mol. The molecule has 0 radical (unpaired) electrons. The van der Waals surface area contributed by atoms with Crippen LogP contribution in [0.2, 0.25) is 0 Å². The highest BCUT2D eigenvalue weighted by Gasteiger charge is 2.32. The molecule has 1 aliphatic rings. The van der Waals surface area contributed by atoms with E-state index in [0.717, 1.165) is 19.0 Å². The van der Waals surface area contributed by atoms with Gasteiger partial charge in [-0.3, -0.25) is 0 Å². The quantitative estimate of drug-likeness (QED) is 0.735. The minimum Gasteiger partial charge on any atom is -0.316 e. The fourth-order valence-electron chi connectivity index (χ4n) is 1.95. The fourth-order valence-corrected chi connectivity index (χ4v) is 1.95. The summed E-state index contributed by atoms with van der Waals surface area (Å²) >= 11 is 0. The maximum Gasteiger partial charge on any atom is 0.416 e. The van der Waals surface area contributed by atoms with Crippen LogP contribution < -0.4 is 5.32 Å². The normalized spacial score (nSPS) is 21.4. The monoisotopic (exact) mass is 233 g/mol. The van der Waals surface area contributed by atoms with Gasteiger partial charge in [-0.05, 0) is 42.6 Å². The van der Waals surface area contributed by atoms with Crippen molar-refractivity contribution in [1.29, 1.82) is 0 Å². The van der Waals surface area contributed by atoms with E-state index in [1.807, 2.05) is 0 Å². The molecule has 1 aromatic rings. The number of alkyl halides is 3. The highest BCUT2D eigenvalue weighted by atomic mass is 19.4. The second kappa shape index (κ2) is 4.05. The molecule has 1 fully saturated rings. The summed E-state index contributed by atoms with van der Waals surface area (Å²) in [6, 6.07) is 2.76. The van der Waals surface area contributed by atoms with E-state index in [9.17, 15) is 17.6 Å². The Bertz CT molecular complexity index is 380. The minimum atomic E-state index is -4.48. The largest absolute Gasteiger partial charge is 0.416 e. The van der Waals surface area contributed by atoms with Gasteiger partial charge in [-0.2, -0.15) is 13.2 Å². The first-order chi connectivity index (χ1) is 7.47. The molecule has 1 saturated heterocycles. The second-order valence-corrected chi connectivity index (χ2v) is 3.96. The summed E-state index contributed by atoms with van der Waals surface area (Å²) in [6.45, 7) is 1.38. The van der Waals surface area contributed by atoms with Gasteiger partial charge in [-0.25, -0.2) is 4.39 Å². The van der Waals surface area contributed by atoms with E-state index in [2.05, 4.69) is 5.32 Å². The van der Waals surface area contributed by atoms with Crippen molar-refractivity contribution in [3.63, 3.8) is 0 Å². The van der Waals surface area contributed by atoms with Crippen molar-refractivity contribution in [3.8, 4) is 0 Å². The molecule has 16 heavy (non-hydrogen) atoms. The maximum absolute atomic E-state index is 13.1. The van der Waals surface area contributed by atoms with Gasteiger partial charge in [0.1, 0.15) is 5.82 Å². The van der Waals surface area contributed by atoms with Crippen molar-refractivity contribution < 1.29 is 17.6 Å². The lowest BCUT2D eigenvalue weighted by molar-refractivity contribution is -0.137. The van der Waals surface area contributed by atoms with Crippen LogP contribution in [0.15, 0.2) is 18.2 Å². The standard InChI is InChI=1S/C11H11F4N/c12-10-4-8(7-1-2-16-6-7)3-9(5-10)11(13,14)15/h3-5,7,16H,1-2,6H2. The highest BCUT2D eigenvalue weighted by molar-refractivity contribution is 5.30. The Hall–Kier alpha value is -1.10. The number of hydrogen-bond donors (Lipinski definition) is 1. The Kier molecular flexibility index (Phi) is 2.88. The number of hydrogen-bond acceptors (Lipinski definition) is 1. The second-order valence-electron chi connectivity index (χ2n) is 3.96. The number of nitrogens with one attached hydrogen (secondary N) is 1. The predicted octanol–water partition coefficient (Wildman–Crippen LogP) is 2.92. The molecule has 0 spiro atoms. The Morgan fingerprint density at radius 1 is 1.19 bits per heavy atom. The summed E-state index contributed by atoms with van der Waals surface area (Å²) in [7, 11) is 0. The van der Waals surface area contributed by atoms with Gasteiger partial charge in [0.15, 0.2) is 0 Å². The van der Waals surface area contributed by atoms with E-state index >= 15 is 0 Å². The molecule has 1 unspecified atom stereocenters. The van der Waals surface area contributed by atoms with Crippen molar-refractivity contribution in [2.75, 3.05) is 13.1 Å². The maximum atomic E-state index is 13.1. The fraction of sp³-hybridized carbons (Fsp3) is 0.455. The Labute approximate surface area is 90.5 Å². The molecule has 0 saturated carbocycles. The summed E-state index contributed by atoms with van der Waals surface area (Å²) in [5, 5.41) is 3.04. The van der Waals surface area contributed by atoms with Crippen LogP contribution in [0.3, 0.4) is 0 Å². The van der Waals surface area contributed by atoms with Crippen LogP contribution in [0.5, 0.6) is 0 Å². The van der Waals surface area contributed by atoms with Crippen molar-refractivity contribution in [3.05, 3.63) is 35.1 Å². The number of rotatable bonds is 1. The lowest BCUT2D eigenvalue weighted by atomic mass is 9.96. The Balaban J connectivity index is 2.35. The average Bonchev–Trinajstić information content (AvgIpc) is 2.68. The molecule has 5 heteroatoms. The number of halogens is 4. The molecule has 1 atom stereocenters. The SMILES string of the molecule is Fc1cc(C2CCNC2)cc(C(F)(F)F)c1. The van der Waals surface area contributed by atoms with Gasteiger partial charge >= 0.3 is 6.18 Å². The lowest BCUT2D eigenvalue weighted by Crippen LogP contribution is -2.10.